The van der Waals surface area contributed by atoms with Gasteiger partial charge in [0.1, 0.15) is 0 Å². The van der Waals surface area contributed by atoms with Crippen molar-refractivity contribution >= 4 is 17.8 Å². The molecular formula is C10H20N4O5. The molecule has 8 N–H and O–H groups in total. The summed E-state index contributed by atoms with van der Waals surface area (Å²) in [5, 5.41) is 17.1. The number of rotatable bonds is 4. The van der Waals surface area contributed by atoms with Gasteiger partial charge in [0.2, 0.25) is 0 Å². The SMILES string of the molecule is CCCC(N)C(N)(N)C(=O)O.O=C1CCC(=O)N1O. The first kappa shape index (κ1) is 17.4. The highest BCUT2D eigenvalue weighted by molar-refractivity contribution is 6.00. The molecule has 0 aromatic rings. The Morgan fingerprint density at radius 2 is 1.79 bits per heavy atom. The van der Waals surface area contributed by atoms with Crippen LogP contribution >= 0.6 is 0 Å². The van der Waals surface area contributed by atoms with Gasteiger partial charge in [-0.25, -0.2) is 4.79 Å². The number of amides is 2. The molecule has 1 unspecified atom stereocenters. The maximum atomic E-state index is 10.4. The van der Waals surface area contributed by atoms with Crippen LogP contribution in [-0.4, -0.2) is 44.9 Å². The van der Waals surface area contributed by atoms with Crippen LogP contribution in [0.15, 0.2) is 0 Å². The van der Waals surface area contributed by atoms with Crippen molar-refractivity contribution in [3.8, 4) is 0 Å². The largest absolute Gasteiger partial charge is 0.479 e. The predicted octanol–water partition coefficient (Wildman–Crippen LogP) is -1.66. The lowest BCUT2D eigenvalue weighted by atomic mass is 9.99. The Kier molecular flexibility index (Phi) is 6.56. The minimum atomic E-state index is -1.80. The molecule has 19 heavy (non-hydrogen) atoms. The quantitative estimate of drug-likeness (QED) is 0.230. The van der Waals surface area contributed by atoms with Gasteiger partial charge in [-0.05, 0) is 6.42 Å². The fraction of sp³-hybridized carbons (Fsp3) is 0.700. The number of hydrogen-bond acceptors (Lipinski definition) is 7. The van der Waals surface area contributed by atoms with E-state index in [4.69, 9.17) is 27.5 Å². The first-order valence-electron chi connectivity index (χ1n) is 5.76. The lowest BCUT2D eigenvalue weighted by Crippen LogP contribution is -2.67. The number of carboxylic acids is 1. The van der Waals surface area contributed by atoms with Crippen LogP contribution in [0.3, 0.4) is 0 Å². The van der Waals surface area contributed by atoms with Gasteiger partial charge in [-0.15, -0.1) is 0 Å². The molecule has 0 saturated carbocycles. The van der Waals surface area contributed by atoms with E-state index in [2.05, 4.69) is 0 Å². The zero-order chi connectivity index (χ0) is 15.2. The topological polar surface area (TPSA) is 173 Å². The molecule has 2 amide bonds. The number of carbonyl (C=O) groups excluding carboxylic acids is 2. The van der Waals surface area contributed by atoms with Crippen LogP contribution < -0.4 is 17.2 Å². The van der Waals surface area contributed by atoms with E-state index < -0.39 is 29.5 Å². The second kappa shape index (κ2) is 7.14. The lowest BCUT2D eigenvalue weighted by molar-refractivity contribution is -0.171. The highest BCUT2D eigenvalue weighted by Gasteiger charge is 2.35. The van der Waals surface area contributed by atoms with E-state index in [9.17, 15) is 14.4 Å². The zero-order valence-corrected chi connectivity index (χ0v) is 10.7. The second-order valence-corrected chi connectivity index (χ2v) is 4.23. The average molecular weight is 276 g/mol. The number of hydrogen-bond donors (Lipinski definition) is 5. The Hall–Kier alpha value is -1.55. The van der Waals surface area contributed by atoms with E-state index in [1.54, 1.807) is 0 Å². The highest BCUT2D eigenvalue weighted by Crippen LogP contribution is 2.07. The van der Waals surface area contributed by atoms with Gasteiger partial charge in [-0.1, -0.05) is 13.3 Å². The number of imide groups is 1. The molecule has 0 aliphatic carbocycles. The third-order valence-corrected chi connectivity index (χ3v) is 2.61. The standard InChI is InChI=1S/C6H15N3O2.C4H5NO3/c1-2-3-4(7)6(8,9)5(10)11;6-3-1-2-4(7)5(3)8/h4H,2-3,7-9H2,1H3,(H,10,11);8H,1-2H2. The molecular weight excluding hydrogens is 256 g/mol. The Morgan fingerprint density at radius 3 is 2.00 bits per heavy atom. The normalized spacial score (nSPS) is 17.0. The van der Waals surface area contributed by atoms with Crippen LogP contribution in [0.5, 0.6) is 0 Å². The molecule has 1 saturated heterocycles. The van der Waals surface area contributed by atoms with Crippen molar-refractivity contribution in [1.29, 1.82) is 0 Å². The third kappa shape index (κ3) is 4.91. The molecule has 110 valence electrons. The molecule has 0 spiro atoms. The maximum Gasteiger partial charge on any atom is 0.340 e. The van der Waals surface area contributed by atoms with Gasteiger partial charge in [-0.2, -0.15) is 5.06 Å². The van der Waals surface area contributed by atoms with Crippen molar-refractivity contribution in [3.63, 3.8) is 0 Å². The smallest absolute Gasteiger partial charge is 0.340 e. The molecule has 0 aromatic heterocycles. The van der Waals surface area contributed by atoms with E-state index >= 15 is 0 Å². The number of carbonyl (C=O) groups is 3. The zero-order valence-electron chi connectivity index (χ0n) is 10.7. The highest BCUT2D eigenvalue weighted by atomic mass is 16.5. The maximum absolute atomic E-state index is 10.4. The first-order chi connectivity index (χ1) is 8.64. The van der Waals surface area contributed by atoms with Crippen LogP contribution in [0.4, 0.5) is 0 Å². The molecule has 1 aliphatic rings. The van der Waals surface area contributed by atoms with E-state index in [0.29, 0.717) is 6.42 Å². The summed E-state index contributed by atoms with van der Waals surface area (Å²) in [6.07, 6.45) is 1.58. The Morgan fingerprint density at radius 1 is 1.37 bits per heavy atom. The van der Waals surface area contributed by atoms with Crippen molar-refractivity contribution in [2.45, 2.75) is 44.3 Å². The number of nitrogens with zero attached hydrogens (tertiary/aromatic N) is 1. The van der Waals surface area contributed by atoms with Gasteiger partial charge in [0.05, 0.1) is 0 Å². The average Bonchev–Trinajstić information content (AvgIpc) is 2.61. The fourth-order valence-corrected chi connectivity index (χ4v) is 1.27. The van der Waals surface area contributed by atoms with Crippen molar-refractivity contribution < 1.29 is 24.7 Å². The van der Waals surface area contributed by atoms with Crippen LogP contribution in [0.1, 0.15) is 32.6 Å². The van der Waals surface area contributed by atoms with Crippen molar-refractivity contribution in [2.24, 2.45) is 17.2 Å². The van der Waals surface area contributed by atoms with Crippen LogP contribution in [0, 0.1) is 0 Å². The van der Waals surface area contributed by atoms with Crippen LogP contribution in [0.25, 0.3) is 0 Å². The predicted molar refractivity (Wildman–Crippen MR) is 64.5 cm³/mol. The molecule has 1 aliphatic heterocycles. The number of carboxylic acid groups (broad SMARTS) is 1. The van der Waals surface area contributed by atoms with E-state index in [1.165, 1.54) is 0 Å². The minimum absolute atomic E-state index is 0.148. The van der Waals surface area contributed by atoms with Gasteiger partial charge < -0.3 is 22.3 Å². The Bertz CT molecular complexity index is 342. The summed E-state index contributed by atoms with van der Waals surface area (Å²) < 4.78 is 0. The Balaban J connectivity index is 0.000000356. The van der Waals surface area contributed by atoms with Gasteiger partial charge >= 0.3 is 5.97 Å². The fourth-order valence-electron chi connectivity index (χ4n) is 1.27. The van der Waals surface area contributed by atoms with E-state index in [1.807, 2.05) is 6.92 Å². The van der Waals surface area contributed by atoms with Crippen LogP contribution in [0.2, 0.25) is 0 Å². The molecule has 0 aromatic carbocycles. The van der Waals surface area contributed by atoms with E-state index in [-0.39, 0.29) is 17.9 Å². The van der Waals surface area contributed by atoms with Crippen molar-refractivity contribution in [3.05, 3.63) is 0 Å². The molecule has 0 bridgehead atoms. The number of aliphatic carboxylic acids is 1. The van der Waals surface area contributed by atoms with Gasteiger partial charge in [0.25, 0.3) is 11.8 Å². The van der Waals surface area contributed by atoms with Gasteiger partial charge in [0.15, 0.2) is 5.66 Å². The molecule has 1 heterocycles. The summed E-state index contributed by atoms with van der Waals surface area (Å²) in [5.41, 5.74) is 14.1. The summed E-state index contributed by atoms with van der Waals surface area (Å²) >= 11 is 0. The van der Waals surface area contributed by atoms with Crippen molar-refractivity contribution in [2.75, 3.05) is 0 Å². The van der Waals surface area contributed by atoms with Crippen LogP contribution in [-0.2, 0) is 14.4 Å². The van der Waals surface area contributed by atoms with Crippen molar-refractivity contribution in [1.82, 2.24) is 5.06 Å². The molecule has 1 rings (SSSR count). The summed E-state index contributed by atoms with van der Waals surface area (Å²) in [5.74, 6) is -2.27. The molecule has 1 fully saturated rings. The molecule has 9 heteroatoms. The third-order valence-electron chi connectivity index (χ3n) is 2.61. The number of hydroxylamine groups is 2. The summed E-state index contributed by atoms with van der Waals surface area (Å²) in [7, 11) is 0. The molecule has 0 radical (unpaired) electrons. The second-order valence-electron chi connectivity index (χ2n) is 4.23. The first-order valence-corrected chi connectivity index (χ1v) is 5.76. The Labute approximate surface area is 110 Å². The lowest BCUT2D eigenvalue weighted by Gasteiger charge is -2.25. The summed E-state index contributed by atoms with van der Waals surface area (Å²) in [6.45, 7) is 1.89. The van der Waals surface area contributed by atoms with Gasteiger partial charge in [0, 0.05) is 18.9 Å². The summed E-state index contributed by atoms with van der Waals surface area (Å²) in [4.78, 5) is 30.9. The summed E-state index contributed by atoms with van der Waals surface area (Å²) in [6, 6.07) is -0.690. The van der Waals surface area contributed by atoms with Gasteiger partial charge in [-0.3, -0.25) is 14.8 Å². The molecule has 9 nitrogen and oxygen atoms in total. The monoisotopic (exact) mass is 276 g/mol. The van der Waals surface area contributed by atoms with E-state index in [0.717, 1.165) is 6.42 Å². The molecule has 1 atom stereocenters. The minimum Gasteiger partial charge on any atom is -0.479 e. The number of nitrogens with two attached hydrogens (primary N) is 3.